The van der Waals surface area contributed by atoms with Gasteiger partial charge in [-0.1, -0.05) is 18.2 Å². The maximum atomic E-state index is 12.5. The van der Waals surface area contributed by atoms with Crippen LogP contribution in [0.3, 0.4) is 0 Å². The van der Waals surface area contributed by atoms with E-state index < -0.39 is 12.6 Å². The molecule has 0 atom stereocenters. The minimum Gasteiger partial charge on any atom is -0.493 e. The number of methoxy groups -OCH3 is 1. The minimum absolute atomic E-state index is 0.0811. The standard InChI is InChI=1S/C18H14F2N2O4/c1-25-13-7-5-10(9-14(13)26-18(19)20)6-8-15-21-12-4-2-3-11(17(23)24)16(12)22-15/h2-9,18H,1H3,(H,21,22)(H,23,24)/b8-6+. The van der Waals surface area contributed by atoms with Crippen molar-refractivity contribution in [3.8, 4) is 11.5 Å². The largest absolute Gasteiger partial charge is 0.493 e. The number of nitrogens with zero attached hydrogens (tertiary/aromatic N) is 1. The summed E-state index contributed by atoms with van der Waals surface area (Å²) < 4.78 is 34.4. The van der Waals surface area contributed by atoms with Gasteiger partial charge in [-0.05, 0) is 35.9 Å². The second-order valence-corrected chi connectivity index (χ2v) is 5.25. The lowest BCUT2D eigenvalue weighted by Crippen LogP contribution is -2.03. The average Bonchev–Trinajstić information content (AvgIpc) is 3.02. The van der Waals surface area contributed by atoms with Crippen LogP contribution in [0.15, 0.2) is 36.4 Å². The van der Waals surface area contributed by atoms with Gasteiger partial charge in [-0.2, -0.15) is 8.78 Å². The first-order valence-corrected chi connectivity index (χ1v) is 7.51. The molecular weight excluding hydrogens is 346 g/mol. The number of carboxylic acids is 1. The Bertz CT molecular complexity index is 982. The Hall–Kier alpha value is -3.42. The predicted octanol–water partition coefficient (Wildman–Crippen LogP) is 4.04. The van der Waals surface area contributed by atoms with Gasteiger partial charge in [0.2, 0.25) is 0 Å². The molecule has 2 aromatic carbocycles. The molecule has 1 aromatic heterocycles. The zero-order valence-electron chi connectivity index (χ0n) is 13.6. The van der Waals surface area contributed by atoms with Gasteiger partial charge in [0, 0.05) is 0 Å². The van der Waals surface area contributed by atoms with E-state index in [9.17, 15) is 18.7 Å². The van der Waals surface area contributed by atoms with Gasteiger partial charge in [0.15, 0.2) is 11.5 Å². The van der Waals surface area contributed by atoms with Crippen LogP contribution in [0.25, 0.3) is 23.2 Å². The van der Waals surface area contributed by atoms with Crippen LogP contribution in [0.1, 0.15) is 21.7 Å². The van der Waals surface area contributed by atoms with Crippen molar-refractivity contribution in [3.05, 3.63) is 53.3 Å². The van der Waals surface area contributed by atoms with E-state index in [0.29, 0.717) is 22.4 Å². The fourth-order valence-electron chi connectivity index (χ4n) is 2.46. The van der Waals surface area contributed by atoms with Crippen molar-refractivity contribution in [2.75, 3.05) is 7.11 Å². The second-order valence-electron chi connectivity index (χ2n) is 5.25. The van der Waals surface area contributed by atoms with Crippen LogP contribution >= 0.6 is 0 Å². The van der Waals surface area contributed by atoms with Crippen molar-refractivity contribution < 1.29 is 28.2 Å². The van der Waals surface area contributed by atoms with Crippen LogP contribution in [0.4, 0.5) is 8.78 Å². The molecule has 8 heteroatoms. The molecule has 0 unspecified atom stereocenters. The van der Waals surface area contributed by atoms with Gasteiger partial charge in [-0.25, -0.2) is 9.78 Å². The number of H-pyrrole nitrogens is 1. The molecule has 1 heterocycles. The zero-order chi connectivity index (χ0) is 18.7. The topological polar surface area (TPSA) is 84.4 Å². The first-order valence-electron chi connectivity index (χ1n) is 7.51. The molecule has 0 saturated carbocycles. The third kappa shape index (κ3) is 3.64. The molecule has 0 saturated heterocycles. The number of para-hydroxylation sites is 1. The first-order chi connectivity index (χ1) is 12.5. The number of alkyl halides is 2. The molecular formula is C18H14F2N2O4. The van der Waals surface area contributed by atoms with E-state index in [1.165, 1.54) is 25.3 Å². The molecule has 0 aliphatic heterocycles. The van der Waals surface area contributed by atoms with E-state index in [1.807, 2.05) is 0 Å². The summed E-state index contributed by atoms with van der Waals surface area (Å²) in [5.41, 5.74) is 1.60. The van der Waals surface area contributed by atoms with Crippen LogP contribution in [-0.2, 0) is 0 Å². The number of hydrogen-bond donors (Lipinski definition) is 2. The van der Waals surface area contributed by atoms with E-state index in [-0.39, 0.29) is 17.1 Å². The summed E-state index contributed by atoms with van der Waals surface area (Å²) in [7, 11) is 1.36. The van der Waals surface area contributed by atoms with Gasteiger partial charge in [-0.15, -0.1) is 0 Å². The van der Waals surface area contributed by atoms with Crippen molar-refractivity contribution in [1.82, 2.24) is 9.97 Å². The quantitative estimate of drug-likeness (QED) is 0.693. The number of rotatable bonds is 6. The highest BCUT2D eigenvalue weighted by atomic mass is 19.3. The summed E-state index contributed by atoms with van der Waals surface area (Å²) in [5, 5.41) is 9.19. The summed E-state index contributed by atoms with van der Waals surface area (Å²) in [5.74, 6) is -0.526. The lowest BCUT2D eigenvalue weighted by Gasteiger charge is -2.10. The Balaban J connectivity index is 1.91. The highest BCUT2D eigenvalue weighted by molar-refractivity contribution is 6.01. The van der Waals surface area contributed by atoms with E-state index >= 15 is 0 Å². The number of nitrogens with one attached hydrogen (secondary N) is 1. The molecule has 0 spiro atoms. The number of aromatic amines is 1. The number of aromatic carboxylic acids is 1. The van der Waals surface area contributed by atoms with Crippen molar-refractivity contribution in [1.29, 1.82) is 0 Å². The molecule has 0 fully saturated rings. The number of carboxylic acid groups (broad SMARTS) is 1. The van der Waals surface area contributed by atoms with Crippen LogP contribution in [-0.4, -0.2) is 34.8 Å². The molecule has 2 N–H and O–H groups in total. The number of fused-ring (bicyclic) bond motifs is 1. The molecule has 6 nitrogen and oxygen atoms in total. The van der Waals surface area contributed by atoms with E-state index in [1.54, 1.807) is 30.4 Å². The third-order valence-corrected chi connectivity index (χ3v) is 3.60. The summed E-state index contributed by atoms with van der Waals surface area (Å²) in [6, 6.07) is 9.39. The number of benzene rings is 2. The van der Waals surface area contributed by atoms with Gasteiger partial charge in [-0.3, -0.25) is 0 Å². The Kier molecular flexibility index (Phi) is 4.83. The highest BCUT2D eigenvalue weighted by Crippen LogP contribution is 2.30. The summed E-state index contributed by atoms with van der Waals surface area (Å²) in [6.45, 7) is -2.96. The van der Waals surface area contributed by atoms with E-state index in [0.717, 1.165) is 0 Å². The van der Waals surface area contributed by atoms with Crippen molar-refractivity contribution in [2.45, 2.75) is 6.61 Å². The molecule has 3 aromatic rings. The lowest BCUT2D eigenvalue weighted by atomic mass is 10.2. The summed E-state index contributed by atoms with van der Waals surface area (Å²) >= 11 is 0. The highest BCUT2D eigenvalue weighted by Gasteiger charge is 2.12. The molecule has 0 aliphatic carbocycles. The summed E-state index contributed by atoms with van der Waals surface area (Å²) in [6.07, 6.45) is 3.25. The van der Waals surface area contributed by atoms with Gasteiger partial charge >= 0.3 is 12.6 Å². The van der Waals surface area contributed by atoms with Crippen molar-refractivity contribution >= 4 is 29.2 Å². The first kappa shape index (κ1) is 17.4. The fraction of sp³-hybridized carbons (Fsp3) is 0.111. The molecule has 0 aliphatic rings. The van der Waals surface area contributed by atoms with Gasteiger partial charge < -0.3 is 19.6 Å². The van der Waals surface area contributed by atoms with Crippen LogP contribution in [0.2, 0.25) is 0 Å². The van der Waals surface area contributed by atoms with E-state index in [2.05, 4.69) is 14.7 Å². The monoisotopic (exact) mass is 360 g/mol. The van der Waals surface area contributed by atoms with Crippen LogP contribution in [0.5, 0.6) is 11.5 Å². The van der Waals surface area contributed by atoms with Gasteiger partial charge in [0.25, 0.3) is 0 Å². The zero-order valence-corrected chi connectivity index (χ0v) is 13.6. The van der Waals surface area contributed by atoms with Crippen molar-refractivity contribution in [2.24, 2.45) is 0 Å². The van der Waals surface area contributed by atoms with Crippen LogP contribution < -0.4 is 9.47 Å². The lowest BCUT2D eigenvalue weighted by molar-refractivity contribution is -0.0512. The number of hydrogen-bond acceptors (Lipinski definition) is 4. The number of imidazole rings is 1. The second kappa shape index (κ2) is 7.22. The molecule has 3 rings (SSSR count). The Morgan fingerprint density at radius 3 is 2.73 bits per heavy atom. The third-order valence-electron chi connectivity index (χ3n) is 3.60. The minimum atomic E-state index is -2.96. The van der Waals surface area contributed by atoms with Gasteiger partial charge in [0.1, 0.15) is 11.3 Å². The Morgan fingerprint density at radius 1 is 1.23 bits per heavy atom. The average molecular weight is 360 g/mol. The molecule has 0 bridgehead atoms. The van der Waals surface area contributed by atoms with Crippen molar-refractivity contribution in [3.63, 3.8) is 0 Å². The maximum absolute atomic E-state index is 12.5. The van der Waals surface area contributed by atoms with E-state index in [4.69, 9.17) is 4.74 Å². The SMILES string of the molecule is COc1ccc(/C=C/c2nc3c(C(=O)O)cccc3[nH]2)cc1OC(F)F. The van der Waals surface area contributed by atoms with Gasteiger partial charge in [0.05, 0.1) is 18.2 Å². The predicted molar refractivity (Wildman–Crippen MR) is 91.6 cm³/mol. The Labute approximate surface area is 146 Å². The number of carbonyl (C=O) groups is 1. The fourth-order valence-corrected chi connectivity index (χ4v) is 2.46. The molecule has 0 radical (unpaired) electrons. The maximum Gasteiger partial charge on any atom is 0.387 e. The smallest absolute Gasteiger partial charge is 0.387 e. The number of ether oxygens (including phenoxy) is 2. The van der Waals surface area contributed by atoms with Crippen LogP contribution in [0, 0.1) is 0 Å². The number of aromatic nitrogens is 2. The Morgan fingerprint density at radius 2 is 2.04 bits per heavy atom. The molecule has 0 amide bonds. The molecule has 26 heavy (non-hydrogen) atoms. The number of halogens is 2. The molecule has 134 valence electrons. The summed E-state index contributed by atoms with van der Waals surface area (Å²) in [4.78, 5) is 18.5. The normalized spacial score (nSPS) is 11.4.